The number of halogens is 1. The molecule has 2 aromatic rings. The monoisotopic (exact) mass is 359 g/mol. The molecule has 134 valence electrons. The van der Waals surface area contributed by atoms with E-state index in [2.05, 4.69) is 22.0 Å². The maximum Gasteiger partial charge on any atom is 0.270 e. The molecular weight excluding hydrogens is 334 g/mol. The van der Waals surface area contributed by atoms with Gasteiger partial charge in [-0.05, 0) is 68.1 Å². The zero-order valence-corrected chi connectivity index (χ0v) is 15.5. The number of carbonyl (C=O) groups excluding carboxylic acids is 1. The quantitative estimate of drug-likeness (QED) is 0.854. The summed E-state index contributed by atoms with van der Waals surface area (Å²) in [7, 11) is 1.90. The molecule has 0 radical (unpaired) electrons. The second kappa shape index (κ2) is 8.54. The van der Waals surface area contributed by atoms with E-state index in [4.69, 9.17) is 11.6 Å². The molecule has 0 aliphatic carbocycles. The van der Waals surface area contributed by atoms with Gasteiger partial charge in [-0.25, -0.2) is 0 Å². The first kappa shape index (κ1) is 18.0. The molecule has 1 N–H and O–H groups in total. The van der Waals surface area contributed by atoms with Gasteiger partial charge in [0.25, 0.3) is 5.91 Å². The molecule has 1 fully saturated rings. The minimum absolute atomic E-state index is 0.0789. The number of aromatic nitrogens is 1. The van der Waals surface area contributed by atoms with Crippen molar-refractivity contribution in [3.05, 3.63) is 58.9 Å². The number of amides is 1. The van der Waals surface area contributed by atoms with Crippen LogP contribution in [-0.2, 0) is 6.42 Å². The molecule has 2 heterocycles. The van der Waals surface area contributed by atoms with Gasteiger partial charge in [-0.3, -0.25) is 4.79 Å². The fourth-order valence-corrected chi connectivity index (χ4v) is 3.60. The summed E-state index contributed by atoms with van der Waals surface area (Å²) in [6.07, 6.45) is 5.17. The molecule has 1 aromatic carbocycles. The summed E-state index contributed by atoms with van der Waals surface area (Å²) < 4.78 is 0. The summed E-state index contributed by atoms with van der Waals surface area (Å²) in [4.78, 5) is 19.7. The smallest absolute Gasteiger partial charge is 0.270 e. The Bertz CT molecular complexity index is 661. The molecule has 1 aliphatic rings. The van der Waals surface area contributed by atoms with Gasteiger partial charge in [0.2, 0.25) is 0 Å². The van der Waals surface area contributed by atoms with E-state index in [1.165, 1.54) is 5.56 Å². The van der Waals surface area contributed by atoms with E-state index >= 15 is 0 Å². The van der Waals surface area contributed by atoms with Gasteiger partial charge in [-0.1, -0.05) is 23.7 Å². The number of aromatic amines is 1. The van der Waals surface area contributed by atoms with Crippen molar-refractivity contribution in [2.24, 2.45) is 5.92 Å². The minimum Gasteiger partial charge on any atom is -0.357 e. The summed E-state index contributed by atoms with van der Waals surface area (Å²) in [5, 5.41) is 0.794. The number of likely N-dealkylation sites (tertiary alicyclic amines) is 1. The van der Waals surface area contributed by atoms with Crippen molar-refractivity contribution in [1.29, 1.82) is 0 Å². The van der Waals surface area contributed by atoms with E-state index in [0.717, 1.165) is 50.5 Å². The Morgan fingerprint density at radius 1 is 1.24 bits per heavy atom. The second-order valence-electron chi connectivity index (χ2n) is 6.93. The summed E-state index contributed by atoms with van der Waals surface area (Å²) in [5.41, 5.74) is 2.01. The predicted molar refractivity (Wildman–Crippen MR) is 102 cm³/mol. The Morgan fingerprint density at radius 3 is 2.60 bits per heavy atom. The number of piperidine rings is 1. The van der Waals surface area contributed by atoms with E-state index in [0.29, 0.717) is 11.6 Å². The predicted octanol–water partition coefficient (Wildman–Crippen LogP) is 3.69. The van der Waals surface area contributed by atoms with Crippen LogP contribution in [0.25, 0.3) is 0 Å². The molecule has 4 nitrogen and oxygen atoms in total. The number of carbonyl (C=O) groups is 1. The lowest BCUT2D eigenvalue weighted by Crippen LogP contribution is -2.40. The van der Waals surface area contributed by atoms with Gasteiger partial charge in [0.15, 0.2) is 0 Å². The fourth-order valence-electron chi connectivity index (χ4n) is 3.47. The molecule has 0 spiro atoms. The van der Waals surface area contributed by atoms with Gasteiger partial charge < -0.3 is 14.8 Å². The molecular formula is C20H26ClN3O. The average molecular weight is 360 g/mol. The van der Waals surface area contributed by atoms with E-state index in [-0.39, 0.29) is 5.91 Å². The minimum atomic E-state index is 0.0789. The van der Waals surface area contributed by atoms with Gasteiger partial charge in [-0.2, -0.15) is 0 Å². The third-order valence-electron chi connectivity index (χ3n) is 5.04. The molecule has 0 unspecified atom stereocenters. The van der Waals surface area contributed by atoms with Crippen molar-refractivity contribution in [2.45, 2.75) is 19.3 Å². The van der Waals surface area contributed by atoms with Crippen LogP contribution in [-0.4, -0.2) is 53.9 Å². The van der Waals surface area contributed by atoms with Crippen LogP contribution >= 0.6 is 11.6 Å². The van der Waals surface area contributed by atoms with E-state index in [1.807, 2.05) is 36.2 Å². The van der Waals surface area contributed by atoms with Gasteiger partial charge in [0.05, 0.1) is 0 Å². The zero-order valence-electron chi connectivity index (χ0n) is 14.7. The first-order chi connectivity index (χ1) is 12.1. The van der Waals surface area contributed by atoms with Crippen LogP contribution in [0.1, 0.15) is 28.9 Å². The normalized spacial score (nSPS) is 16.1. The van der Waals surface area contributed by atoms with Crippen LogP contribution in [0.4, 0.5) is 0 Å². The molecule has 25 heavy (non-hydrogen) atoms. The molecule has 3 rings (SSSR count). The Morgan fingerprint density at radius 2 is 1.96 bits per heavy atom. The summed E-state index contributed by atoms with van der Waals surface area (Å²) in [6.45, 7) is 4.15. The number of rotatable bonds is 6. The van der Waals surface area contributed by atoms with Crippen molar-refractivity contribution in [3.8, 4) is 0 Å². The van der Waals surface area contributed by atoms with E-state index in [1.54, 1.807) is 6.20 Å². The molecule has 5 heteroatoms. The number of hydrogen-bond acceptors (Lipinski definition) is 2. The van der Waals surface area contributed by atoms with Gasteiger partial charge in [0, 0.05) is 31.4 Å². The summed E-state index contributed by atoms with van der Waals surface area (Å²) >= 11 is 5.93. The summed E-state index contributed by atoms with van der Waals surface area (Å²) in [6, 6.07) is 11.8. The van der Waals surface area contributed by atoms with Crippen LogP contribution in [0.15, 0.2) is 42.6 Å². The van der Waals surface area contributed by atoms with Crippen LogP contribution < -0.4 is 0 Å². The number of benzene rings is 1. The molecule has 0 bridgehead atoms. The fraction of sp³-hybridized carbons (Fsp3) is 0.450. The first-order valence-corrected chi connectivity index (χ1v) is 9.35. The zero-order chi connectivity index (χ0) is 17.6. The highest BCUT2D eigenvalue weighted by Gasteiger charge is 2.22. The SMILES string of the molecule is CN(CC1CCN(CCc2ccc(Cl)cc2)CC1)C(=O)c1ccc[nH]1. The van der Waals surface area contributed by atoms with Crippen molar-refractivity contribution < 1.29 is 4.79 Å². The maximum absolute atomic E-state index is 12.3. The standard InChI is InChI=1S/C20H26ClN3O/c1-23(20(25)19-3-2-11-22-19)15-17-9-13-24(14-10-17)12-8-16-4-6-18(21)7-5-16/h2-7,11,17,22H,8-10,12-15H2,1H3. The van der Waals surface area contributed by atoms with E-state index < -0.39 is 0 Å². The van der Waals surface area contributed by atoms with Crippen LogP contribution in [0.3, 0.4) is 0 Å². The van der Waals surface area contributed by atoms with Gasteiger partial charge >= 0.3 is 0 Å². The van der Waals surface area contributed by atoms with Crippen molar-refractivity contribution >= 4 is 17.5 Å². The highest BCUT2D eigenvalue weighted by molar-refractivity contribution is 6.30. The second-order valence-corrected chi connectivity index (χ2v) is 7.37. The third kappa shape index (κ3) is 5.10. The molecule has 1 aromatic heterocycles. The summed E-state index contributed by atoms with van der Waals surface area (Å²) in [5.74, 6) is 0.672. The first-order valence-electron chi connectivity index (χ1n) is 8.97. The largest absolute Gasteiger partial charge is 0.357 e. The topological polar surface area (TPSA) is 39.3 Å². The number of nitrogens with one attached hydrogen (secondary N) is 1. The molecule has 0 atom stereocenters. The van der Waals surface area contributed by atoms with Gasteiger partial charge in [0.1, 0.15) is 5.69 Å². The average Bonchev–Trinajstić information content (AvgIpc) is 3.16. The van der Waals surface area contributed by atoms with Crippen LogP contribution in [0, 0.1) is 5.92 Å². The van der Waals surface area contributed by atoms with Crippen LogP contribution in [0.5, 0.6) is 0 Å². The van der Waals surface area contributed by atoms with Crippen molar-refractivity contribution in [3.63, 3.8) is 0 Å². The van der Waals surface area contributed by atoms with Gasteiger partial charge in [-0.15, -0.1) is 0 Å². The molecule has 1 amide bonds. The Kier molecular flexibility index (Phi) is 6.16. The molecule has 1 saturated heterocycles. The lowest BCUT2D eigenvalue weighted by Gasteiger charge is -2.33. The molecule has 0 saturated carbocycles. The number of hydrogen-bond donors (Lipinski definition) is 1. The Hall–Kier alpha value is -1.78. The highest BCUT2D eigenvalue weighted by Crippen LogP contribution is 2.19. The third-order valence-corrected chi connectivity index (χ3v) is 5.30. The highest BCUT2D eigenvalue weighted by atomic mass is 35.5. The lowest BCUT2D eigenvalue weighted by atomic mass is 9.96. The Balaban J connectivity index is 1.39. The van der Waals surface area contributed by atoms with Crippen molar-refractivity contribution in [2.75, 3.05) is 33.2 Å². The molecule has 1 aliphatic heterocycles. The number of nitrogens with zero attached hydrogens (tertiary/aromatic N) is 2. The van der Waals surface area contributed by atoms with E-state index in [9.17, 15) is 4.79 Å². The Labute approximate surface area is 154 Å². The lowest BCUT2D eigenvalue weighted by molar-refractivity contribution is 0.0735. The van der Waals surface area contributed by atoms with Crippen molar-refractivity contribution in [1.82, 2.24) is 14.8 Å². The maximum atomic E-state index is 12.3. The number of H-pyrrole nitrogens is 1. The van der Waals surface area contributed by atoms with Crippen LogP contribution in [0.2, 0.25) is 5.02 Å².